The molecule has 0 unspecified atom stereocenters. The van der Waals surface area contributed by atoms with Crippen LogP contribution in [0.2, 0.25) is 0 Å². The van der Waals surface area contributed by atoms with Crippen molar-refractivity contribution in [3.63, 3.8) is 0 Å². The van der Waals surface area contributed by atoms with Crippen molar-refractivity contribution < 1.29 is 32.7 Å². The average molecular weight is 581 g/mol. The zero-order chi connectivity index (χ0) is 26.8. The van der Waals surface area contributed by atoms with Gasteiger partial charge in [-0.25, -0.2) is 18.4 Å². The Bertz CT molecular complexity index is 1190. The van der Waals surface area contributed by atoms with E-state index in [-0.39, 0.29) is 31.2 Å². The van der Waals surface area contributed by atoms with Crippen molar-refractivity contribution in [3.8, 4) is 11.3 Å². The molecule has 0 aliphatic carbocycles. The number of hydrogen-bond acceptors (Lipinski definition) is 6. The summed E-state index contributed by atoms with van der Waals surface area (Å²) in [5.74, 6) is -1.94. The normalized spacial score (nSPS) is 11.6. The topological polar surface area (TPSA) is 117 Å². The fraction of sp³-hybridized carbons (Fsp3) is 0.320. The summed E-state index contributed by atoms with van der Waals surface area (Å²) in [7, 11) is 1.50. The number of carbonyl (C=O) groups is 2. The number of urea groups is 1. The SMILES string of the molecule is CN(C(=O)NCc1cccc(F)c1F)[C@@H](CCCCO)COC(=O)Nc1cc(-c2ccc(Br)cc2)no1. The third kappa shape index (κ3) is 8.25. The van der Waals surface area contributed by atoms with E-state index < -0.39 is 29.8 Å². The van der Waals surface area contributed by atoms with E-state index in [1.165, 1.54) is 24.1 Å². The standard InChI is InChI=1S/C25H27BrF2N4O5/c1-32(24(34)29-14-17-5-4-7-20(27)23(17)28)19(6-2-3-12-33)15-36-25(35)30-22-13-21(31-37-22)16-8-10-18(26)11-9-16/h4-5,7-11,13,19,33H,2-3,6,12,14-15H2,1H3,(H,29,34)(H,30,35)/t19-/m0/s1. The maximum Gasteiger partial charge on any atom is 0.414 e. The number of unbranched alkanes of at least 4 members (excludes halogenated alkanes) is 1. The van der Waals surface area contributed by atoms with Crippen LogP contribution in [0.3, 0.4) is 0 Å². The van der Waals surface area contributed by atoms with Crippen LogP contribution < -0.4 is 10.6 Å². The van der Waals surface area contributed by atoms with Gasteiger partial charge < -0.3 is 24.6 Å². The smallest absolute Gasteiger partial charge is 0.414 e. The van der Waals surface area contributed by atoms with Gasteiger partial charge in [0.15, 0.2) is 11.6 Å². The first-order valence-electron chi connectivity index (χ1n) is 11.5. The Hall–Kier alpha value is -3.51. The molecule has 3 aromatic rings. The minimum absolute atomic E-state index is 0.00349. The number of ether oxygens (including phenoxy) is 1. The highest BCUT2D eigenvalue weighted by Crippen LogP contribution is 2.23. The second kappa shape index (κ2) is 13.7. The number of amides is 3. The number of halogens is 3. The van der Waals surface area contributed by atoms with E-state index in [0.29, 0.717) is 25.0 Å². The van der Waals surface area contributed by atoms with E-state index in [1.54, 1.807) is 6.07 Å². The molecule has 2 aromatic carbocycles. The first-order chi connectivity index (χ1) is 17.8. The van der Waals surface area contributed by atoms with Crippen molar-refractivity contribution >= 4 is 33.9 Å². The Morgan fingerprint density at radius 2 is 1.95 bits per heavy atom. The lowest BCUT2D eigenvalue weighted by Crippen LogP contribution is -2.46. The van der Waals surface area contributed by atoms with Gasteiger partial charge in [-0.2, -0.15) is 0 Å². The summed E-state index contributed by atoms with van der Waals surface area (Å²) in [4.78, 5) is 26.3. The Morgan fingerprint density at radius 1 is 1.19 bits per heavy atom. The first kappa shape index (κ1) is 28.1. The first-order valence-corrected chi connectivity index (χ1v) is 12.3. The molecule has 37 heavy (non-hydrogen) atoms. The molecule has 198 valence electrons. The number of aliphatic hydroxyl groups excluding tert-OH is 1. The molecule has 3 N–H and O–H groups in total. The predicted molar refractivity (Wildman–Crippen MR) is 136 cm³/mol. The van der Waals surface area contributed by atoms with Gasteiger partial charge in [-0.3, -0.25) is 5.32 Å². The third-order valence-corrected chi connectivity index (χ3v) is 6.09. The minimum Gasteiger partial charge on any atom is -0.447 e. The van der Waals surface area contributed by atoms with Crippen molar-refractivity contribution in [2.24, 2.45) is 0 Å². The highest BCUT2D eigenvalue weighted by atomic mass is 79.9. The summed E-state index contributed by atoms with van der Waals surface area (Å²) in [6, 6.07) is 11.5. The van der Waals surface area contributed by atoms with Crippen molar-refractivity contribution in [2.75, 3.05) is 25.6 Å². The number of aliphatic hydroxyl groups is 1. The van der Waals surface area contributed by atoms with Gasteiger partial charge in [-0.1, -0.05) is 45.4 Å². The van der Waals surface area contributed by atoms with E-state index in [1.807, 2.05) is 24.3 Å². The molecule has 0 aliphatic heterocycles. The number of rotatable bonds is 11. The molecule has 0 saturated carbocycles. The highest BCUT2D eigenvalue weighted by molar-refractivity contribution is 9.10. The van der Waals surface area contributed by atoms with Gasteiger partial charge in [0.1, 0.15) is 12.3 Å². The lowest BCUT2D eigenvalue weighted by Gasteiger charge is -2.28. The van der Waals surface area contributed by atoms with Crippen molar-refractivity contribution in [1.82, 2.24) is 15.4 Å². The van der Waals surface area contributed by atoms with Crippen molar-refractivity contribution in [2.45, 2.75) is 31.8 Å². The summed E-state index contributed by atoms with van der Waals surface area (Å²) in [5.41, 5.74) is 1.32. The van der Waals surface area contributed by atoms with E-state index in [0.717, 1.165) is 16.1 Å². The van der Waals surface area contributed by atoms with E-state index in [9.17, 15) is 18.4 Å². The molecule has 0 aliphatic rings. The Kier molecular flexibility index (Phi) is 10.4. The lowest BCUT2D eigenvalue weighted by atomic mass is 10.1. The Balaban J connectivity index is 1.55. The second-order valence-electron chi connectivity index (χ2n) is 8.16. The van der Waals surface area contributed by atoms with Crippen LogP contribution in [0.1, 0.15) is 24.8 Å². The Morgan fingerprint density at radius 3 is 2.68 bits per heavy atom. The zero-order valence-corrected chi connectivity index (χ0v) is 21.6. The largest absolute Gasteiger partial charge is 0.447 e. The summed E-state index contributed by atoms with van der Waals surface area (Å²) in [5, 5.41) is 18.0. The number of benzene rings is 2. The molecule has 3 rings (SSSR count). The molecular weight excluding hydrogens is 554 g/mol. The fourth-order valence-corrected chi connectivity index (χ4v) is 3.69. The molecule has 0 spiro atoms. The van der Waals surface area contributed by atoms with Crippen LogP contribution in [-0.4, -0.2) is 53.6 Å². The summed E-state index contributed by atoms with van der Waals surface area (Å²) < 4.78 is 38.7. The number of hydrogen-bond donors (Lipinski definition) is 3. The third-order valence-electron chi connectivity index (χ3n) is 5.56. The number of likely N-dealkylation sites (N-methyl/N-ethyl adjacent to an activating group) is 1. The van der Waals surface area contributed by atoms with Crippen LogP contribution in [0.5, 0.6) is 0 Å². The molecule has 1 heterocycles. The van der Waals surface area contributed by atoms with Crippen LogP contribution in [0.4, 0.5) is 24.3 Å². The molecule has 0 radical (unpaired) electrons. The van der Waals surface area contributed by atoms with Crippen LogP contribution in [0, 0.1) is 11.6 Å². The molecule has 9 nitrogen and oxygen atoms in total. The van der Waals surface area contributed by atoms with Gasteiger partial charge in [0.2, 0.25) is 5.88 Å². The minimum atomic E-state index is -1.03. The van der Waals surface area contributed by atoms with Gasteiger partial charge in [0.25, 0.3) is 0 Å². The second-order valence-corrected chi connectivity index (χ2v) is 9.08. The summed E-state index contributed by atoms with van der Waals surface area (Å²) in [6.07, 6.45) is 0.702. The molecule has 0 fully saturated rings. The lowest BCUT2D eigenvalue weighted by molar-refractivity contribution is 0.111. The van der Waals surface area contributed by atoms with Crippen LogP contribution >= 0.6 is 15.9 Å². The Labute approximate surface area is 220 Å². The summed E-state index contributed by atoms with van der Waals surface area (Å²) >= 11 is 3.36. The molecule has 3 amide bonds. The van der Waals surface area contributed by atoms with E-state index >= 15 is 0 Å². The van der Waals surface area contributed by atoms with Crippen molar-refractivity contribution in [3.05, 3.63) is 70.2 Å². The maximum absolute atomic E-state index is 13.9. The molecule has 1 atom stereocenters. The average Bonchev–Trinajstić information content (AvgIpc) is 3.35. The van der Waals surface area contributed by atoms with Gasteiger partial charge in [0, 0.05) is 41.9 Å². The fourth-order valence-electron chi connectivity index (χ4n) is 3.43. The van der Waals surface area contributed by atoms with Gasteiger partial charge in [-0.05, 0) is 37.5 Å². The molecule has 12 heteroatoms. The van der Waals surface area contributed by atoms with Crippen LogP contribution in [0.25, 0.3) is 11.3 Å². The number of nitrogens with zero attached hydrogens (tertiary/aromatic N) is 2. The molecule has 1 aromatic heterocycles. The van der Waals surface area contributed by atoms with Crippen LogP contribution in [-0.2, 0) is 11.3 Å². The molecule has 0 bridgehead atoms. The number of anilines is 1. The maximum atomic E-state index is 13.9. The molecule has 0 saturated heterocycles. The highest BCUT2D eigenvalue weighted by Gasteiger charge is 2.22. The zero-order valence-electron chi connectivity index (χ0n) is 20.0. The quantitative estimate of drug-likeness (QED) is 0.265. The number of nitrogens with one attached hydrogen (secondary N) is 2. The molecular formula is C25H27BrF2N4O5. The summed E-state index contributed by atoms with van der Waals surface area (Å²) in [6.45, 7) is -0.387. The number of carbonyl (C=O) groups excluding carboxylic acids is 2. The van der Waals surface area contributed by atoms with Gasteiger partial charge in [-0.15, -0.1) is 0 Å². The van der Waals surface area contributed by atoms with Crippen molar-refractivity contribution in [1.29, 1.82) is 0 Å². The van der Waals surface area contributed by atoms with Gasteiger partial charge >= 0.3 is 12.1 Å². The number of aromatic nitrogens is 1. The van der Waals surface area contributed by atoms with E-state index in [4.69, 9.17) is 14.4 Å². The predicted octanol–water partition coefficient (Wildman–Crippen LogP) is 5.30. The van der Waals surface area contributed by atoms with Gasteiger partial charge in [0.05, 0.1) is 6.04 Å². The monoisotopic (exact) mass is 580 g/mol. The van der Waals surface area contributed by atoms with Crippen LogP contribution in [0.15, 0.2) is 57.5 Å². The van der Waals surface area contributed by atoms with E-state index in [2.05, 4.69) is 31.7 Å².